The van der Waals surface area contributed by atoms with Gasteiger partial charge in [0.1, 0.15) is 0 Å². The zero-order valence-corrected chi connectivity index (χ0v) is 6.31. The predicted molar refractivity (Wildman–Crippen MR) is 40.6 cm³/mol. The molecule has 0 aliphatic carbocycles. The molecule has 57 valence electrons. The van der Waals surface area contributed by atoms with Crippen molar-refractivity contribution in [1.82, 2.24) is 4.90 Å². The molecule has 0 N–H and O–H groups in total. The molecule has 0 aromatic rings. The molecule has 0 unspecified atom stereocenters. The van der Waals surface area contributed by atoms with Gasteiger partial charge in [0, 0.05) is 0 Å². The second-order valence-corrected chi connectivity index (χ2v) is 2.83. The van der Waals surface area contributed by atoms with E-state index in [2.05, 4.69) is 4.90 Å². The number of carbonyl (C=O) groups excluding carboxylic acids is 1. The summed E-state index contributed by atoms with van der Waals surface area (Å²) in [5.74, 6) is 0. The summed E-state index contributed by atoms with van der Waals surface area (Å²) in [5.41, 5.74) is 0. The molecular formula is C8H14NO. The van der Waals surface area contributed by atoms with Gasteiger partial charge in [-0.05, 0) is 25.9 Å². The molecule has 0 saturated carbocycles. The Bertz CT molecular complexity index is 95.4. The van der Waals surface area contributed by atoms with Gasteiger partial charge in [-0.3, -0.25) is 9.69 Å². The molecule has 1 fully saturated rings. The van der Waals surface area contributed by atoms with Gasteiger partial charge >= 0.3 is 0 Å². The standard InChI is InChI=1S/C8H14NO/c10-8-7-9-5-3-1-2-4-6-9/h1-7H2. The molecule has 2 heteroatoms. The van der Waals surface area contributed by atoms with Crippen LogP contribution in [-0.4, -0.2) is 30.8 Å². The van der Waals surface area contributed by atoms with Crippen LogP contribution >= 0.6 is 0 Å². The van der Waals surface area contributed by atoms with E-state index in [1.54, 1.807) is 0 Å². The van der Waals surface area contributed by atoms with Gasteiger partial charge in [0.15, 0.2) is 0 Å². The van der Waals surface area contributed by atoms with Crippen LogP contribution in [0.25, 0.3) is 0 Å². The smallest absolute Gasteiger partial charge is 0.213 e. The third kappa shape index (κ3) is 2.48. The van der Waals surface area contributed by atoms with Crippen LogP contribution in [0.1, 0.15) is 25.7 Å². The Kier molecular flexibility index (Phi) is 3.44. The van der Waals surface area contributed by atoms with Crippen molar-refractivity contribution >= 4 is 6.29 Å². The number of likely N-dealkylation sites (tertiary alicyclic amines) is 1. The first kappa shape index (κ1) is 7.73. The first-order valence-corrected chi connectivity index (χ1v) is 4.01. The molecule has 1 rings (SSSR count). The van der Waals surface area contributed by atoms with Crippen molar-refractivity contribution in [2.45, 2.75) is 25.7 Å². The van der Waals surface area contributed by atoms with E-state index in [-0.39, 0.29) is 0 Å². The summed E-state index contributed by atoms with van der Waals surface area (Å²) in [6.45, 7) is 2.70. The molecule has 0 bridgehead atoms. The second kappa shape index (κ2) is 4.45. The fraction of sp³-hybridized carbons (Fsp3) is 0.875. The summed E-state index contributed by atoms with van der Waals surface area (Å²) in [5, 5.41) is 0. The quantitative estimate of drug-likeness (QED) is 0.569. The fourth-order valence-corrected chi connectivity index (χ4v) is 1.39. The van der Waals surface area contributed by atoms with E-state index in [4.69, 9.17) is 0 Å². The molecule has 0 atom stereocenters. The Balaban J connectivity index is 2.21. The molecular weight excluding hydrogens is 126 g/mol. The largest absolute Gasteiger partial charge is 0.296 e. The summed E-state index contributed by atoms with van der Waals surface area (Å²) in [6, 6.07) is 0. The average Bonchev–Trinajstić information content (AvgIpc) is 2.17. The van der Waals surface area contributed by atoms with Crippen molar-refractivity contribution in [2.75, 3.05) is 19.6 Å². The summed E-state index contributed by atoms with van der Waals surface area (Å²) < 4.78 is 0. The predicted octanol–water partition coefficient (Wildman–Crippen LogP) is 0.972. The molecule has 0 spiro atoms. The van der Waals surface area contributed by atoms with Gasteiger partial charge < -0.3 is 0 Å². The normalized spacial score (nSPS) is 22.0. The van der Waals surface area contributed by atoms with Crippen molar-refractivity contribution < 1.29 is 4.79 Å². The zero-order valence-electron chi connectivity index (χ0n) is 6.31. The van der Waals surface area contributed by atoms with E-state index >= 15 is 0 Å². The lowest BCUT2D eigenvalue weighted by atomic mass is 10.2. The lowest BCUT2D eigenvalue weighted by Crippen LogP contribution is -2.26. The second-order valence-electron chi connectivity index (χ2n) is 2.83. The highest BCUT2D eigenvalue weighted by Crippen LogP contribution is 2.08. The summed E-state index contributed by atoms with van der Waals surface area (Å²) in [7, 11) is 0. The fourth-order valence-electron chi connectivity index (χ4n) is 1.39. The van der Waals surface area contributed by atoms with E-state index in [1.165, 1.54) is 25.7 Å². The molecule has 0 aromatic carbocycles. The van der Waals surface area contributed by atoms with Crippen LogP contribution in [0.5, 0.6) is 0 Å². The maximum absolute atomic E-state index is 10.0. The van der Waals surface area contributed by atoms with Crippen molar-refractivity contribution in [3.8, 4) is 0 Å². The topological polar surface area (TPSA) is 20.3 Å². The van der Waals surface area contributed by atoms with E-state index in [1.807, 2.05) is 6.29 Å². The summed E-state index contributed by atoms with van der Waals surface area (Å²) in [4.78, 5) is 12.2. The molecule has 10 heavy (non-hydrogen) atoms. The minimum absolute atomic E-state index is 0.514. The first-order valence-electron chi connectivity index (χ1n) is 4.01. The Labute approximate surface area is 62.2 Å². The van der Waals surface area contributed by atoms with Crippen LogP contribution in [0.15, 0.2) is 0 Å². The van der Waals surface area contributed by atoms with Crippen LogP contribution in [0.2, 0.25) is 0 Å². The maximum Gasteiger partial charge on any atom is 0.213 e. The van der Waals surface area contributed by atoms with Gasteiger partial charge in [0.25, 0.3) is 0 Å². The molecule has 1 radical (unpaired) electrons. The van der Waals surface area contributed by atoms with E-state index < -0.39 is 0 Å². The zero-order chi connectivity index (χ0) is 7.23. The molecule has 0 amide bonds. The van der Waals surface area contributed by atoms with Crippen molar-refractivity contribution in [1.29, 1.82) is 0 Å². The molecule has 1 saturated heterocycles. The molecule has 1 aliphatic rings. The van der Waals surface area contributed by atoms with Crippen LogP contribution < -0.4 is 0 Å². The highest BCUT2D eigenvalue weighted by Gasteiger charge is 2.06. The van der Waals surface area contributed by atoms with Gasteiger partial charge in [0.2, 0.25) is 6.29 Å². The van der Waals surface area contributed by atoms with Crippen molar-refractivity contribution in [3.05, 3.63) is 0 Å². The average molecular weight is 140 g/mol. The molecule has 0 aromatic heterocycles. The highest BCUT2D eigenvalue weighted by molar-refractivity contribution is 5.52. The summed E-state index contributed by atoms with van der Waals surface area (Å²) in [6.07, 6.45) is 7.10. The third-order valence-electron chi connectivity index (χ3n) is 1.99. The Morgan fingerprint density at radius 2 is 1.70 bits per heavy atom. The highest BCUT2D eigenvalue weighted by atomic mass is 16.1. The van der Waals surface area contributed by atoms with Crippen LogP contribution in [0.4, 0.5) is 0 Å². The lowest BCUT2D eigenvalue weighted by Gasteiger charge is -2.14. The molecule has 2 nitrogen and oxygen atoms in total. The molecule has 1 aliphatic heterocycles. The Hall–Kier alpha value is -0.370. The van der Waals surface area contributed by atoms with E-state index in [0.717, 1.165) is 13.1 Å². The monoisotopic (exact) mass is 140 g/mol. The van der Waals surface area contributed by atoms with E-state index in [0.29, 0.717) is 6.54 Å². The third-order valence-corrected chi connectivity index (χ3v) is 1.99. The van der Waals surface area contributed by atoms with E-state index in [9.17, 15) is 4.79 Å². The minimum atomic E-state index is 0.514. The van der Waals surface area contributed by atoms with Gasteiger partial charge in [-0.15, -0.1) is 0 Å². The summed E-state index contributed by atoms with van der Waals surface area (Å²) >= 11 is 0. The number of hydrogen-bond donors (Lipinski definition) is 0. The Morgan fingerprint density at radius 3 is 2.20 bits per heavy atom. The number of nitrogens with zero attached hydrogens (tertiary/aromatic N) is 1. The van der Waals surface area contributed by atoms with Crippen LogP contribution in [0.3, 0.4) is 0 Å². The molecule has 1 heterocycles. The minimum Gasteiger partial charge on any atom is -0.296 e. The van der Waals surface area contributed by atoms with Gasteiger partial charge in [-0.2, -0.15) is 0 Å². The van der Waals surface area contributed by atoms with Crippen molar-refractivity contribution in [2.24, 2.45) is 0 Å². The van der Waals surface area contributed by atoms with Crippen molar-refractivity contribution in [3.63, 3.8) is 0 Å². The lowest BCUT2D eigenvalue weighted by molar-refractivity contribution is 0.319. The maximum atomic E-state index is 10.0. The Morgan fingerprint density at radius 1 is 1.10 bits per heavy atom. The van der Waals surface area contributed by atoms with Gasteiger partial charge in [-0.25, -0.2) is 0 Å². The van der Waals surface area contributed by atoms with Gasteiger partial charge in [-0.1, -0.05) is 12.8 Å². The SMILES string of the molecule is O=[C]CN1CCCCCC1. The first-order chi connectivity index (χ1) is 4.93. The van der Waals surface area contributed by atoms with Crippen LogP contribution in [0, 0.1) is 0 Å². The number of hydrogen-bond acceptors (Lipinski definition) is 2. The number of rotatable bonds is 2. The van der Waals surface area contributed by atoms with Crippen LogP contribution in [-0.2, 0) is 4.79 Å². The van der Waals surface area contributed by atoms with Gasteiger partial charge in [0.05, 0.1) is 6.54 Å².